The Morgan fingerprint density at radius 1 is 1.67 bits per heavy atom. The fraction of sp³-hybridized carbons (Fsp3) is 1.00. The topological polar surface area (TPSA) is 12.0 Å². The Morgan fingerprint density at radius 2 is 2.44 bits per heavy atom. The van der Waals surface area contributed by atoms with Crippen molar-refractivity contribution < 1.29 is 1.43 Å². The summed E-state index contributed by atoms with van der Waals surface area (Å²) in [4.78, 5) is 0. The molecule has 1 rings (SSSR count). The van der Waals surface area contributed by atoms with Crippen LogP contribution in [0.25, 0.3) is 0 Å². The molecule has 56 valence electrons. The molecule has 0 saturated carbocycles. The summed E-state index contributed by atoms with van der Waals surface area (Å²) < 4.78 is 0. The van der Waals surface area contributed by atoms with Crippen LogP contribution in [0.2, 0.25) is 0 Å². The van der Waals surface area contributed by atoms with Crippen molar-refractivity contribution in [1.82, 2.24) is 5.32 Å². The van der Waals surface area contributed by atoms with E-state index < -0.39 is 0 Å². The largest absolute Gasteiger partial charge is 0.316 e. The minimum absolute atomic E-state index is 0. The summed E-state index contributed by atoms with van der Waals surface area (Å²) in [6.07, 6.45) is 2.71. The Morgan fingerprint density at radius 3 is 2.89 bits per heavy atom. The first kappa shape index (κ1) is 7.07. The zero-order valence-electron chi connectivity index (χ0n) is 6.48. The Balaban J connectivity index is 0.000000810. The predicted octanol–water partition coefficient (Wildman–Crippen LogP) is 1.89. The molecule has 0 aromatic heterocycles. The van der Waals surface area contributed by atoms with Gasteiger partial charge in [-0.1, -0.05) is 20.3 Å². The maximum Gasteiger partial charge on any atom is 0 e. The van der Waals surface area contributed by atoms with E-state index in [1.807, 2.05) is 0 Å². The lowest BCUT2D eigenvalue weighted by Gasteiger charge is -2.28. The van der Waals surface area contributed by atoms with Crippen molar-refractivity contribution in [2.24, 2.45) is 11.8 Å². The monoisotopic (exact) mass is 129 g/mol. The highest BCUT2D eigenvalue weighted by atomic mass is 14.9. The number of hydrogen-bond donors (Lipinski definition) is 1. The highest BCUT2D eigenvalue weighted by molar-refractivity contribution is 4.73. The van der Waals surface area contributed by atoms with E-state index in [1.54, 1.807) is 0 Å². The maximum atomic E-state index is 3.42. The molecule has 0 amide bonds. The molecule has 0 aromatic rings. The Labute approximate surface area is 59.3 Å². The standard InChI is InChI=1S/C8H17N.H2/c1-3-8-6-9-5-4-7(8)2;/h7-9H,3-6H2,1-2H3;1H/t7-,8-;/m1./s1. The van der Waals surface area contributed by atoms with Crippen molar-refractivity contribution >= 4 is 0 Å². The van der Waals surface area contributed by atoms with Crippen LogP contribution in [0.1, 0.15) is 28.1 Å². The van der Waals surface area contributed by atoms with E-state index in [2.05, 4.69) is 19.2 Å². The smallest absolute Gasteiger partial charge is 0 e. The van der Waals surface area contributed by atoms with Crippen molar-refractivity contribution in [3.63, 3.8) is 0 Å². The van der Waals surface area contributed by atoms with Gasteiger partial charge < -0.3 is 5.32 Å². The van der Waals surface area contributed by atoms with Crippen LogP contribution >= 0.6 is 0 Å². The highest BCUT2D eigenvalue weighted by Crippen LogP contribution is 2.20. The number of piperidine rings is 1. The van der Waals surface area contributed by atoms with Crippen LogP contribution in [0.3, 0.4) is 0 Å². The summed E-state index contributed by atoms with van der Waals surface area (Å²) >= 11 is 0. The van der Waals surface area contributed by atoms with Gasteiger partial charge >= 0.3 is 0 Å². The van der Waals surface area contributed by atoms with Crippen molar-refractivity contribution in [2.75, 3.05) is 13.1 Å². The summed E-state index contributed by atoms with van der Waals surface area (Å²) in [5.41, 5.74) is 0. The van der Waals surface area contributed by atoms with E-state index in [-0.39, 0.29) is 1.43 Å². The van der Waals surface area contributed by atoms with Gasteiger partial charge in [0, 0.05) is 1.43 Å². The molecule has 0 unspecified atom stereocenters. The molecule has 1 heterocycles. The van der Waals surface area contributed by atoms with Crippen molar-refractivity contribution in [2.45, 2.75) is 26.7 Å². The second kappa shape index (κ2) is 3.21. The molecule has 1 aliphatic heterocycles. The van der Waals surface area contributed by atoms with Gasteiger partial charge in [0.25, 0.3) is 0 Å². The third kappa shape index (κ3) is 1.68. The van der Waals surface area contributed by atoms with E-state index in [4.69, 9.17) is 0 Å². The summed E-state index contributed by atoms with van der Waals surface area (Å²) in [5.74, 6) is 1.90. The van der Waals surface area contributed by atoms with Crippen molar-refractivity contribution in [1.29, 1.82) is 0 Å². The molecule has 0 radical (unpaired) electrons. The van der Waals surface area contributed by atoms with E-state index in [0.717, 1.165) is 11.8 Å². The van der Waals surface area contributed by atoms with Crippen LogP contribution in [0.5, 0.6) is 0 Å². The average Bonchev–Trinajstić information content (AvgIpc) is 1.89. The van der Waals surface area contributed by atoms with E-state index >= 15 is 0 Å². The van der Waals surface area contributed by atoms with Gasteiger partial charge in [0.2, 0.25) is 0 Å². The Hall–Kier alpha value is -0.0400. The minimum atomic E-state index is 0. The molecule has 0 bridgehead atoms. The molecule has 1 heteroatoms. The first-order chi connectivity index (χ1) is 4.34. The third-order valence-corrected chi connectivity index (χ3v) is 2.51. The summed E-state index contributed by atoms with van der Waals surface area (Å²) in [5, 5.41) is 3.42. The Kier molecular flexibility index (Phi) is 2.52. The van der Waals surface area contributed by atoms with E-state index in [0.29, 0.717) is 0 Å². The molecule has 1 N–H and O–H groups in total. The summed E-state index contributed by atoms with van der Waals surface area (Å²) in [6, 6.07) is 0. The van der Waals surface area contributed by atoms with Gasteiger partial charge in [-0.2, -0.15) is 0 Å². The molecule has 0 aliphatic carbocycles. The first-order valence-corrected chi connectivity index (χ1v) is 4.05. The molecular weight excluding hydrogens is 110 g/mol. The predicted molar refractivity (Wildman–Crippen MR) is 42.5 cm³/mol. The zero-order chi connectivity index (χ0) is 6.69. The maximum absolute atomic E-state index is 3.42. The average molecular weight is 129 g/mol. The van der Waals surface area contributed by atoms with Crippen LogP contribution in [-0.4, -0.2) is 13.1 Å². The lowest BCUT2D eigenvalue weighted by atomic mass is 9.86. The SMILES string of the molecule is CC[C@@H]1CNCC[C@H]1C.[HH]. The van der Waals surface area contributed by atoms with Gasteiger partial charge in [-0.15, -0.1) is 0 Å². The fourth-order valence-electron chi connectivity index (χ4n) is 1.60. The molecule has 1 saturated heterocycles. The Bertz CT molecular complexity index is 85.3. The van der Waals surface area contributed by atoms with Crippen molar-refractivity contribution in [3.8, 4) is 0 Å². The van der Waals surface area contributed by atoms with Crippen molar-refractivity contribution in [3.05, 3.63) is 0 Å². The van der Waals surface area contributed by atoms with Crippen LogP contribution in [-0.2, 0) is 0 Å². The quantitative estimate of drug-likeness (QED) is 0.570. The van der Waals surface area contributed by atoms with Gasteiger partial charge in [0.1, 0.15) is 0 Å². The molecule has 1 fully saturated rings. The van der Waals surface area contributed by atoms with Gasteiger partial charge in [-0.3, -0.25) is 0 Å². The fourth-order valence-corrected chi connectivity index (χ4v) is 1.60. The molecule has 1 aliphatic rings. The number of hydrogen-bond acceptors (Lipinski definition) is 1. The van der Waals surface area contributed by atoms with E-state index in [9.17, 15) is 0 Å². The third-order valence-electron chi connectivity index (χ3n) is 2.51. The molecule has 2 atom stereocenters. The normalized spacial score (nSPS) is 36.7. The van der Waals surface area contributed by atoms with Crippen LogP contribution in [0.15, 0.2) is 0 Å². The van der Waals surface area contributed by atoms with Gasteiger partial charge in [0.05, 0.1) is 0 Å². The number of nitrogens with one attached hydrogen (secondary N) is 1. The van der Waals surface area contributed by atoms with Crippen LogP contribution < -0.4 is 5.32 Å². The lowest BCUT2D eigenvalue weighted by Crippen LogP contribution is -2.34. The zero-order valence-corrected chi connectivity index (χ0v) is 6.48. The summed E-state index contributed by atoms with van der Waals surface area (Å²) in [7, 11) is 0. The molecule has 0 spiro atoms. The molecular formula is C8H19N. The summed E-state index contributed by atoms with van der Waals surface area (Å²) in [6.45, 7) is 7.14. The van der Waals surface area contributed by atoms with Gasteiger partial charge in [0.15, 0.2) is 0 Å². The van der Waals surface area contributed by atoms with Gasteiger partial charge in [-0.05, 0) is 31.3 Å². The molecule has 0 aromatic carbocycles. The second-order valence-corrected chi connectivity index (χ2v) is 3.14. The molecule has 1 nitrogen and oxygen atoms in total. The van der Waals surface area contributed by atoms with Crippen LogP contribution in [0.4, 0.5) is 0 Å². The highest BCUT2D eigenvalue weighted by Gasteiger charge is 2.18. The number of rotatable bonds is 1. The van der Waals surface area contributed by atoms with E-state index in [1.165, 1.54) is 25.9 Å². The van der Waals surface area contributed by atoms with Gasteiger partial charge in [-0.25, -0.2) is 0 Å². The minimum Gasteiger partial charge on any atom is -0.316 e. The molecule has 9 heavy (non-hydrogen) atoms. The lowest BCUT2D eigenvalue weighted by molar-refractivity contribution is 0.267. The second-order valence-electron chi connectivity index (χ2n) is 3.14. The first-order valence-electron chi connectivity index (χ1n) is 4.05. The van der Waals surface area contributed by atoms with Crippen LogP contribution in [0, 0.1) is 11.8 Å².